The Morgan fingerprint density at radius 3 is 2.25 bits per heavy atom. The molecule has 0 aliphatic carbocycles. The van der Waals surface area contributed by atoms with Crippen molar-refractivity contribution in [1.82, 2.24) is 4.98 Å². The molecule has 0 atom stereocenters. The predicted octanol–water partition coefficient (Wildman–Crippen LogP) is 3.30. The molecule has 0 saturated heterocycles. The van der Waals surface area contributed by atoms with Gasteiger partial charge in [0.1, 0.15) is 0 Å². The van der Waals surface area contributed by atoms with E-state index in [4.69, 9.17) is 0 Å². The molecule has 16 heavy (non-hydrogen) atoms. The molecule has 2 rings (SSSR count). The van der Waals surface area contributed by atoms with Crippen LogP contribution in [0, 0.1) is 20.8 Å². The lowest BCUT2D eigenvalue weighted by atomic mass is 10.0. The molecule has 2 aromatic rings. The monoisotopic (exact) mass is 231 g/mol. The number of rotatable bonds is 2. The van der Waals surface area contributed by atoms with E-state index in [-0.39, 0.29) is 5.78 Å². The summed E-state index contributed by atoms with van der Waals surface area (Å²) in [4.78, 5) is 17.0. The van der Waals surface area contributed by atoms with Crippen molar-refractivity contribution >= 4 is 17.1 Å². The first-order valence-electron chi connectivity index (χ1n) is 5.11. The van der Waals surface area contributed by atoms with Gasteiger partial charge in [0.15, 0.2) is 0 Å². The molecule has 0 fully saturated rings. The van der Waals surface area contributed by atoms with Crippen LogP contribution in [0.5, 0.6) is 0 Å². The molecule has 0 spiro atoms. The quantitative estimate of drug-likeness (QED) is 0.742. The van der Waals surface area contributed by atoms with Gasteiger partial charge in [-0.3, -0.25) is 4.79 Å². The maximum Gasteiger partial charge on any atom is 0.204 e. The van der Waals surface area contributed by atoms with Crippen molar-refractivity contribution in [3.05, 3.63) is 51.0 Å². The summed E-state index contributed by atoms with van der Waals surface area (Å²) in [6.45, 7) is 5.87. The summed E-state index contributed by atoms with van der Waals surface area (Å²) in [5.74, 6) is 0.0757. The molecule has 0 aliphatic rings. The molecule has 1 heterocycles. The second-order valence-electron chi connectivity index (χ2n) is 3.97. The van der Waals surface area contributed by atoms with Crippen LogP contribution in [0.15, 0.2) is 23.7 Å². The third-order valence-corrected chi connectivity index (χ3v) is 3.36. The molecule has 0 N–H and O–H groups in total. The van der Waals surface area contributed by atoms with E-state index >= 15 is 0 Å². The van der Waals surface area contributed by atoms with E-state index in [2.05, 4.69) is 11.1 Å². The fraction of sp³-hybridized carbons (Fsp3) is 0.231. The molecule has 2 nitrogen and oxygen atoms in total. The zero-order valence-corrected chi connectivity index (χ0v) is 10.4. The summed E-state index contributed by atoms with van der Waals surface area (Å²) in [7, 11) is 0. The zero-order valence-electron chi connectivity index (χ0n) is 9.57. The fourth-order valence-corrected chi connectivity index (χ4v) is 2.52. The van der Waals surface area contributed by atoms with Gasteiger partial charge in [-0.05, 0) is 32.9 Å². The standard InChI is InChI=1S/C13H13NOS/c1-8-4-9(2)6-11(5-8)12(15)13-10(3)14-7-16-13/h4-7H,1-3H3. The molecule has 0 unspecified atom stereocenters. The summed E-state index contributed by atoms with van der Waals surface area (Å²) in [5, 5.41) is 0. The van der Waals surface area contributed by atoms with Gasteiger partial charge in [0.05, 0.1) is 16.1 Å². The molecule has 82 valence electrons. The highest BCUT2D eigenvalue weighted by Crippen LogP contribution is 2.19. The van der Waals surface area contributed by atoms with Gasteiger partial charge < -0.3 is 0 Å². The zero-order chi connectivity index (χ0) is 11.7. The number of nitrogens with zero attached hydrogens (tertiary/aromatic N) is 1. The highest BCUT2D eigenvalue weighted by Gasteiger charge is 2.14. The van der Waals surface area contributed by atoms with Crippen LogP contribution in [0.4, 0.5) is 0 Å². The van der Waals surface area contributed by atoms with Crippen LogP contribution in [0.1, 0.15) is 32.1 Å². The lowest BCUT2D eigenvalue weighted by molar-refractivity contribution is 0.104. The summed E-state index contributed by atoms with van der Waals surface area (Å²) >= 11 is 1.40. The third-order valence-electron chi connectivity index (χ3n) is 2.44. The summed E-state index contributed by atoms with van der Waals surface area (Å²) in [6.07, 6.45) is 0. The predicted molar refractivity (Wildman–Crippen MR) is 66.2 cm³/mol. The number of carbonyl (C=O) groups is 1. The lowest BCUT2D eigenvalue weighted by Crippen LogP contribution is -2.01. The first-order chi connectivity index (χ1) is 7.58. The molecule has 0 radical (unpaired) electrons. The highest BCUT2D eigenvalue weighted by molar-refractivity contribution is 7.12. The number of hydrogen-bond acceptors (Lipinski definition) is 3. The van der Waals surface area contributed by atoms with E-state index in [1.807, 2.05) is 32.9 Å². The number of ketones is 1. The molecular formula is C13H13NOS. The van der Waals surface area contributed by atoms with Crippen LogP contribution in [-0.4, -0.2) is 10.8 Å². The maximum atomic E-state index is 12.2. The Morgan fingerprint density at radius 1 is 1.12 bits per heavy atom. The van der Waals surface area contributed by atoms with Crippen molar-refractivity contribution in [2.45, 2.75) is 20.8 Å². The van der Waals surface area contributed by atoms with Gasteiger partial charge in [-0.25, -0.2) is 4.98 Å². The maximum absolute atomic E-state index is 12.2. The molecule has 1 aromatic carbocycles. The average molecular weight is 231 g/mol. The molecule has 0 aliphatic heterocycles. The first-order valence-corrected chi connectivity index (χ1v) is 5.99. The summed E-state index contributed by atoms with van der Waals surface area (Å²) < 4.78 is 0. The Labute approximate surface area is 99.0 Å². The number of benzene rings is 1. The molecule has 3 heteroatoms. The number of hydrogen-bond donors (Lipinski definition) is 0. The van der Waals surface area contributed by atoms with Crippen molar-refractivity contribution in [3.63, 3.8) is 0 Å². The van der Waals surface area contributed by atoms with Crippen LogP contribution in [0.2, 0.25) is 0 Å². The van der Waals surface area contributed by atoms with Crippen molar-refractivity contribution < 1.29 is 4.79 Å². The van der Waals surface area contributed by atoms with Gasteiger partial charge in [-0.1, -0.05) is 17.2 Å². The van der Waals surface area contributed by atoms with E-state index in [0.717, 1.165) is 27.3 Å². The van der Waals surface area contributed by atoms with Crippen molar-refractivity contribution in [1.29, 1.82) is 0 Å². The van der Waals surface area contributed by atoms with Crippen LogP contribution in [0.3, 0.4) is 0 Å². The largest absolute Gasteiger partial charge is 0.288 e. The Balaban J connectivity index is 2.45. The smallest absolute Gasteiger partial charge is 0.204 e. The molecule has 0 saturated carbocycles. The topological polar surface area (TPSA) is 30.0 Å². The highest BCUT2D eigenvalue weighted by atomic mass is 32.1. The van der Waals surface area contributed by atoms with Gasteiger partial charge in [0.25, 0.3) is 0 Å². The Kier molecular flexibility index (Phi) is 2.88. The second-order valence-corrected chi connectivity index (χ2v) is 4.83. The Bertz CT molecular complexity index is 522. The van der Waals surface area contributed by atoms with E-state index in [9.17, 15) is 4.79 Å². The van der Waals surface area contributed by atoms with Gasteiger partial charge in [-0.2, -0.15) is 0 Å². The van der Waals surface area contributed by atoms with Gasteiger partial charge in [0, 0.05) is 5.56 Å². The molecule has 1 aromatic heterocycles. The van der Waals surface area contributed by atoms with Crippen molar-refractivity contribution in [3.8, 4) is 0 Å². The Hall–Kier alpha value is -1.48. The van der Waals surface area contributed by atoms with Gasteiger partial charge in [-0.15, -0.1) is 11.3 Å². The SMILES string of the molecule is Cc1cc(C)cc(C(=O)c2scnc2C)c1. The minimum atomic E-state index is 0.0757. The van der Waals surface area contributed by atoms with E-state index < -0.39 is 0 Å². The van der Waals surface area contributed by atoms with Gasteiger partial charge in [0.2, 0.25) is 5.78 Å². The van der Waals surface area contributed by atoms with Crippen LogP contribution in [-0.2, 0) is 0 Å². The average Bonchev–Trinajstić information content (AvgIpc) is 2.62. The second kappa shape index (κ2) is 4.18. The van der Waals surface area contributed by atoms with Crippen LogP contribution >= 0.6 is 11.3 Å². The van der Waals surface area contributed by atoms with E-state index in [0.29, 0.717) is 0 Å². The molecule has 0 amide bonds. The van der Waals surface area contributed by atoms with Crippen molar-refractivity contribution in [2.24, 2.45) is 0 Å². The third kappa shape index (κ3) is 2.04. The van der Waals surface area contributed by atoms with E-state index in [1.54, 1.807) is 5.51 Å². The normalized spacial score (nSPS) is 10.4. The summed E-state index contributed by atoms with van der Waals surface area (Å²) in [6, 6.07) is 5.92. The van der Waals surface area contributed by atoms with Crippen molar-refractivity contribution in [2.75, 3.05) is 0 Å². The van der Waals surface area contributed by atoms with Gasteiger partial charge >= 0.3 is 0 Å². The summed E-state index contributed by atoms with van der Waals surface area (Å²) in [5.41, 5.74) is 5.51. The lowest BCUT2D eigenvalue weighted by Gasteiger charge is -2.03. The number of thiazole rings is 1. The fourth-order valence-electron chi connectivity index (χ4n) is 1.76. The number of aromatic nitrogens is 1. The Morgan fingerprint density at radius 2 is 1.75 bits per heavy atom. The molecule has 0 bridgehead atoms. The first kappa shape index (κ1) is 11.0. The van der Waals surface area contributed by atoms with E-state index in [1.165, 1.54) is 11.3 Å². The minimum absolute atomic E-state index is 0.0757. The molecular weight excluding hydrogens is 218 g/mol. The number of aryl methyl sites for hydroxylation is 3. The van der Waals surface area contributed by atoms with Crippen LogP contribution in [0.25, 0.3) is 0 Å². The minimum Gasteiger partial charge on any atom is -0.288 e. The van der Waals surface area contributed by atoms with Crippen LogP contribution < -0.4 is 0 Å². The number of carbonyl (C=O) groups excluding carboxylic acids is 1.